The van der Waals surface area contributed by atoms with Gasteiger partial charge in [-0.1, -0.05) is 0 Å². The zero-order chi connectivity index (χ0) is 6.10. The zero-order valence-electron chi connectivity index (χ0n) is 4.24. The Morgan fingerprint density at radius 2 is 2.56 bits per heavy atom. The van der Waals surface area contributed by atoms with E-state index in [4.69, 9.17) is 0 Å². The van der Waals surface area contributed by atoms with Crippen LogP contribution in [0.1, 0.15) is 0 Å². The van der Waals surface area contributed by atoms with Crippen LogP contribution >= 0.6 is 21.8 Å². The van der Waals surface area contributed by atoms with Crippen LogP contribution in [0, 0.1) is 0 Å². The summed E-state index contributed by atoms with van der Waals surface area (Å²) in [5.41, 5.74) is 0.958. The number of aromatic nitrogens is 3. The Bertz CT molecular complexity index is 204. The van der Waals surface area contributed by atoms with Crippen molar-refractivity contribution in [2.45, 2.75) is 5.03 Å². The third-order valence-electron chi connectivity index (χ3n) is 0.877. The van der Waals surface area contributed by atoms with Crippen molar-refractivity contribution in [3.05, 3.63) is 6.20 Å². The van der Waals surface area contributed by atoms with Crippen LogP contribution in [0.4, 0.5) is 5.69 Å². The van der Waals surface area contributed by atoms with E-state index in [0.717, 1.165) is 10.7 Å². The number of rotatable bonds is 0. The number of fused-ring (bicyclic) bond motifs is 1. The predicted octanol–water partition coefficient (Wildman–Crippen LogP) is 0.952. The second kappa shape index (κ2) is 2.03. The molecular formula is C3H2N4S2. The van der Waals surface area contributed by atoms with Crippen molar-refractivity contribution in [1.82, 2.24) is 15.4 Å². The van der Waals surface area contributed by atoms with Crippen LogP contribution in [0.5, 0.6) is 0 Å². The quantitative estimate of drug-likeness (QED) is 0.448. The van der Waals surface area contributed by atoms with E-state index < -0.39 is 0 Å². The molecule has 9 heavy (non-hydrogen) atoms. The van der Waals surface area contributed by atoms with Crippen LogP contribution in [0.3, 0.4) is 0 Å². The van der Waals surface area contributed by atoms with E-state index >= 15 is 0 Å². The fraction of sp³-hybridized carbons (Fsp3) is 0. The number of anilines is 1. The molecule has 0 saturated carbocycles. The molecule has 2 heterocycles. The van der Waals surface area contributed by atoms with Crippen molar-refractivity contribution in [2.24, 2.45) is 0 Å². The summed E-state index contributed by atoms with van der Waals surface area (Å²) in [5.74, 6) is 0. The third-order valence-corrected chi connectivity index (χ3v) is 2.70. The number of hydrogen-bond donors (Lipinski definition) is 1. The molecule has 2 rings (SSSR count). The van der Waals surface area contributed by atoms with E-state index in [1.807, 2.05) is 0 Å². The highest BCUT2D eigenvalue weighted by Gasteiger charge is 2.12. The van der Waals surface area contributed by atoms with Crippen LogP contribution in [-0.2, 0) is 0 Å². The lowest BCUT2D eigenvalue weighted by molar-refractivity contribution is 0.813. The summed E-state index contributed by atoms with van der Waals surface area (Å²) >= 11 is 0. The Morgan fingerprint density at radius 3 is 3.44 bits per heavy atom. The molecule has 0 atom stereocenters. The molecule has 0 fully saturated rings. The predicted molar refractivity (Wildman–Crippen MR) is 36.9 cm³/mol. The number of nitrogens with zero attached hydrogens (tertiary/aromatic N) is 3. The summed E-state index contributed by atoms with van der Waals surface area (Å²) in [6, 6.07) is 0. The Morgan fingerprint density at radius 1 is 1.56 bits per heavy atom. The second-order valence-electron chi connectivity index (χ2n) is 1.42. The topological polar surface area (TPSA) is 50.7 Å². The Kier molecular flexibility index (Phi) is 1.20. The van der Waals surface area contributed by atoms with Crippen molar-refractivity contribution in [3.63, 3.8) is 0 Å². The van der Waals surface area contributed by atoms with E-state index in [0.29, 0.717) is 0 Å². The smallest absolute Gasteiger partial charge is 0.158 e. The summed E-state index contributed by atoms with van der Waals surface area (Å²) < 4.78 is 3.01. The molecule has 0 bridgehead atoms. The Labute approximate surface area is 59.4 Å². The summed E-state index contributed by atoms with van der Waals surface area (Å²) in [7, 11) is 3.09. The highest BCUT2D eigenvalue weighted by Crippen LogP contribution is 2.41. The molecule has 1 aromatic heterocycles. The first kappa shape index (κ1) is 5.31. The van der Waals surface area contributed by atoms with Gasteiger partial charge in [0.15, 0.2) is 5.03 Å². The minimum absolute atomic E-state index is 0.912. The molecule has 0 aliphatic carbocycles. The highest BCUT2D eigenvalue weighted by molar-refractivity contribution is 8.77. The molecule has 0 amide bonds. The lowest BCUT2D eigenvalue weighted by atomic mass is 10.6. The maximum Gasteiger partial charge on any atom is 0.158 e. The second-order valence-corrected chi connectivity index (χ2v) is 3.35. The van der Waals surface area contributed by atoms with Gasteiger partial charge in [0.1, 0.15) is 5.69 Å². The maximum absolute atomic E-state index is 3.78. The fourth-order valence-electron chi connectivity index (χ4n) is 0.496. The molecule has 4 nitrogen and oxygen atoms in total. The first-order valence-corrected chi connectivity index (χ1v) is 4.40. The minimum atomic E-state index is 0.912. The molecule has 0 spiro atoms. The van der Waals surface area contributed by atoms with Crippen molar-refractivity contribution in [2.75, 3.05) is 4.72 Å². The van der Waals surface area contributed by atoms with Crippen LogP contribution < -0.4 is 4.72 Å². The van der Waals surface area contributed by atoms with Crippen LogP contribution in [0.15, 0.2) is 11.2 Å². The summed E-state index contributed by atoms with van der Waals surface area (Å²) in [5, 5.41) is 11.8. The molecule has 1 aliphatic rings. The first-order valence-electron chi connectivity index (χ1n) is 2.25. The summed E-state index contributed by atoms with van der Waals surface area (Å²) in [4.78, 5) is 0. The molecule has 0 radical (unpaired) electrons. The first-order chi connectivity index (χ1) is 4.47. The van der Waals surface area contributed by atoms with Gasteiger partial charge in [0.05, 0.1) is 6.20 Å². The van der Waals surface area contributed by atoms with Gasteiger partial charge in [0, 0.05) is 11.0 Å². The van der Waals surface area contributed by atoms with E-state index in [9.17, 15) is 0 Å². The number of nitrogens with one attached hydrogen (secondary N) is 1. The molecule has 0 unspecified atom stereocenters. The summed E-state index contributed by atoms with van der Waals surface area (Å²) in [6.07, 6.45) is 1.66. The normalized spacial score (nSPS) is 14.7. The third kappa shape index (κ3) is 0.836. The van der Waals surface area contributed by atoms with Crippen molar-refractivity contribution in [1.29, 1.82) is 0 Å². The lowest BCUT2D eigenvalue weighted by Crippen LogP contribution is -1.88. The van der Waals surface area contributed by atoms with Gasteiger partial charge < -0.3 is 4.72 Å². The molecule has 46 valence electrons. The van der Waals surface area contributed by atoms with Gasteiger partial charge in [-0.3, -0.25) is 0 Å². The van der Waals surface area contributed by atoms with Crippen molar-refractivity contribution < 1.29 is 0 Å². The molecule has 6 heteroatoms. The Hall–Kier alpha value is -0.490. The molecular weight excluding hydrogens is 156 g/mol. The van der Waals surface area contributed by atoms with Gasteiger partial charge in [0.25, 0.3) is 0 Å². The SMILES string of the molecule is c1nnnc2c1NSS2. The highest BCUT2D eigenvalue weighted by atomic mass is 33.1. The van der Waals surface area contributed by atoms with Gasteiger partial charge in [-0.15, -0.1) is 10.2 Å². The minimum Gasteiger partial charge on any atom is -0.317 e. The average molecular weight is 158 g/mol. The van der Waals surface area contributed by atoms with Gasteiger partial charge in [0.2, 0.25) is 0 Å². The molecule has 0 aromatic carbocycles. The Balaban J connectivity index is 2.54. The van der Waals surface area contributed by atoms with Crippen LogP contribution in [0.2, 0.25) is 0 Å². The van der Waals surface area contributed by atoms with E-state index in [2.05, 4.69) is 20.1 Å². The van der Waals surface area contributed by atoms with Crippen LogP contribution in [0.25, 0.3) is 0 Å². The van der Waals surface area contributed by atoms with Gasteiger partial charge in [-0.25, -0.2) is 0 Å². The average Bonchev–Trinajstić information content (AvgIpc) is 2.33. The van der Waals surface area contributed by atoms with Crippen LogP contribution in [-0.4, -0.2) is 15.4 Å². The van der Waals surface area contributed by atoms with Crippen molar-refractivity contribution in [3.8, 4) is 0 Å². The van der Waals surface area contributed by atoms with Crippen molar-refractivity contribution >= 4 is 27.5 Å². The molecule has 1 aliphatic heterocycles. The number of hydrogen-bond acceptors (Lipinski definition) is 6. The zero-order valence-corrected chi connectivity index (χ0v) is 5.87. The summed E-state index contributed by atoms with van der Waals surface area (Å²) in [6.45, 7) is 0. The van der Waals surface area contributed by atoms with Gasteiger partial charge in [-0.05, 0) is 16.0 Å². The molecule has 1 aromatic rings. The largest absolute Gasteiger partial charge is 0.317 e. The lowest BCUT2D eigenvalue weighted by Gasteiger charge is -1.88. The standard InChI is InChI=1S/C3H2N4S2/c1-2-3(5-7-4-1)8-9-6-2/h1,6H. The van der Waals surface area contributed by atoms with Gasteiger partial charge in [-0.2, -0.15) is 0 Å². The monoisotopic (exact) mass is 158 g/mol. The molecule has 1 N–H and O–H groups in total. The van der Waals surface area contributed by atoms with E-state index in [1.54, 1.807) is 17.0 Å². The maximum atomic E-state index is 3.78. The van der Waals surface area contributed by atoms with E-state index in [-0.39, 0.29) is 0 Å². The van der Waals surface area contributed by atoms with Gasteiger partial charge >= 0.3 is 0 Å². The van der Waals surface area contributed by atoms with E-state index in [1.165, 1.54) is 11.0 Å². The fourth-order valence-corrected chi connectivity index (χ4v) is 2.18. The molecule has 0 saturated heterocycles.